The summed E-state index contributed by atoms with van der Waals surface area (Å²) in [6, 6.07) is 0. The van der Waals surface area contributed by atoms with E-state index in [2.05, 4.69) is 5.43 Å². The number of hydrogen-bond acceptors (Lipinski definition) is 4. The normalized spacial score (nSPS) is 14.1. The van der Waals surface area contributed by atoms with E-state index in [0.717, 1.165) is 0 Å². The van der Waals surface area contributed by atoms with Gasteiger partial charge in [0, 0.05) is 13.1 Å². The second kappa shape index (κ2) is 4.01. The van der Waals surface area contributed by atoms with Crippen molar-refractivity contribution in [3.8, 4) is 0 Å². The average Bonchev–Trinajstić information content (AvgIpc) is 1.68. The fraction of sp³-hybridized carbons (Fsp3) is 1.00. The number of aliphatic hydroxyl groups is 1. The molecule has 0 rings (SSSR count). The molecule has 0 aliphatic carbocycles. The Morgan fingerprint density at radius 3 is 2.43 bits per heavy atom. The van der Waals surface area contributed by atoms with E-state index >= 15 is 0 Å². The van der Waals surface area contributed by atoms with Crippen LogP contribution in [-0.4, -0.2) is 24.3 Å². The highest BCUT2D eigenvalue weighted by atomic mass is 16.3. The standard InChI is InChI=1S/C3H11N3O/c4-1-3(7)2-6-5/h3,6-7H,1-2,4-5H2/t3-/m1/s1. The number of hydrazine groups is 1. The Labute approximate surface area is 42.5 Å². The van der Waals surface area contributed by atoms with Gasteiger partial charge in [0.2, 0.25) is 0 Å². The largest absolute Gasteiger partial charge is 0.390 e. The first-order valence-corrected chi connectivity index (χ1v) is 2.13. The third-order valence-corrected chi connectivity index (χ3v) is 0.626. The first-order chi connectivity index (χ1) is 3.31. The summed E-state index contributed by atoms with van der Waals surface area (Å²) in [6.07, 6.45) is -0.509. The van der Waals surface area contributed by atoms with E-state index in [9.17, 15) is 0 Å². The quantitative estimate of drug-likeness (QED) is 0.242. The smallest absolute Gasteiger partial charge is 0.0800 e. The molecule has 0 amide bonds. The van der Waals surface area contributed by atoms with Crippen LogP contribution in [-0.2, 0) is 0 Å². The van der Waals surface area contributed by atoms with E-state index in [1.807, 2.05) is 0 Å². The third kappa shape index (κ3) is 3.68. The Hall–Kier alpha value is -0.160. The highest BCUT2D eigenvalue weighted by molar-refractivity contribution is 4.54. The van der Waals surface area contributed by atoms with E-state index < -0.39 is 6.10 Å². The van der Waals surface area contributed by atoms with Crippen molar-refractivity contribution in [2.75, 3.05) is 13.1 Å². The molecular formula is C3H11N3O. The molecule has 0 heterocycles. The van der Waals surface area contributed by atoms with E-state index in [1.165, 1.54) is 0 Å². The molecule has 0 aromatic carbocycles. The summed E-state index contributed by atoms with van der Waals surface area (Å²) in [5.41, 5.74) is 7.30. The van der Waals surface area contributed by atoms with E-state index in [0.29, 0.717) is 6.54 Å². The number of nitrogens with two attached hydrogens (primary N) is 2. The molecule has 0 saturated heterocycles. The molecule has 44 valence electrons. The summed E-state index contributed by atoms with van der Waals surface area (Å²) < 4.78 is 0. The molecule has 0 bridgehead atoms. The topological polar surface area (TPSA) is 84.3 Å². The Balaban J connectivity index is 2.83. The lowest BCUT2D eigenvalue weighted by Crippen LogP contribution is -2.36. The zero-order valence-electron chi connectivity index (χ0n) is 4.09. The third-order valence-electron chi connectivity index (χ3n) is 0.626. The maximum atomic E-state index is 8.59. The van der Waals surface area contributed by atoms with Gasteiger partial charge in [-0.25, -0.2) is 0 Å². The molecule has 0 unspecified atom stereocenters. The van der Waals surface area contributed by atoms with E-state index in [-0.39, 0.29) is 6.54 Å². The minimum absolute atomic E-state index is 0.254. The maximum absolute atomic E-state index is 8.59. The Morgan fingerprint density at radius 2 is 2.29 bits per heavy atom. The number of hydrogen-bond donors (Lipinski definition) is 4. The van der Waals surface area contributed by atoms with Crippen LogP contribution in [0.2, 0.25) is 0 Å². The van der Waals surface area contributed by atoms with Crippen LogP contribution in [0.1, 0.15) is 0 Å². The predicted molar refractivity (Wildman–Crippen MR) is 27.3 cm³/mol. The van der Waals surface area contributed by atoms with Crippen LogP contribution in [0.15, 0.2) is 0 Å². The summed E-state index contributed by atoms with van der Waals surface area (Å²) in [5.74, 6) is 4.84. The molecule has 0 aliphatic heterocycles. The van der Waals surface area contributed by atoms with Gasteiger partial charge in [-0.2, -0.15) is 0 Å². The Morgan fingerprint density at radius 1 is 1.71 bits per heavy atom. The van der Waals surface area contributed by atoms with Gasteiger partial charge in [0.1, 0.15) is 0 Å². The van der Waals surface area contributed by atoms with Crippen molar-refractivity contribution in [3.63, 3.8) is 0 Å². The molecule has 4 nitrogen and oxygen atoms in total. The van der Waals surface area contributed by atoms with Crippen molar-refractivity contribution < 1.29 is 5.11 Å². The lowest BCUT2D eigenvalue weighted by molar-refractivity contribution is 0.180. The van der Waals surface area contributed by atoms with Crippen molar-refractivity contribution in [1.82, 2.24) is 5.43 Å². The van der Waals surface area contributed by atoms with Gasteiger partial charge in [0.25, 0.3) is 0 Å². The molecule has 0 aromatic rings. The Kier molecular flexibility index (Phi) is 3.92. The van der Waals surface area contributed by atoms with Crippen molar-refractivity contribution in [2.24, 2.45) is 11.6 Å². The predicted octanol–water partition coefficient (Wildman–Crippen LogP) is -2.23. The second-order valence-electron chi connectivity index (χ2n) is 1.30. The van der Waals surface area contributed by atoms with Gasteiger partial charge < -0.3 is 10.8 Å². The van der Waals surface area contributed by atoms with Crippen molar-refractivity contribution in [1.29, 1.82) is 0 Å². The van der Waals surface area contributed by atoms with Crippen LogP contribution in [0.4, 0.5) is 0 Å². The molecule has 4 heteroatoms. The highest BCUT2D eigenvalue weighted by Gasteiger charge is 1.94. The summed E-state index contributed by atoms with van der Waals surface area (Å²) in [4.78, 5) is 0. The summed E-state index contributed by atoms with van der Waals surface area (Å²) in [5, 5.41) is 8.59. The minimum Gasteiger partial charge on any atom is -0.390 e. The average molecular weight is 105 g/mol. The minimum atomic E-state index is -0.509. The fourth-order valence-corrected chi connectivity index (χ4v) is 0.219. The lowest BCUT2D eigenvalue weighted by atomic mass is 10.4. The van der Waals surface area contributed by atoms with Crippen LogP contribution in [0.25, 0.3) is 0 Å². The van der Waals surface area contributed by atoms with Crippen molar-refractivity contribution >= 4 is 0 Å². The monoisotopic (exact) mass is 105 g/mol. The van der Waals surface area contributed by atoms with Gasteiger partial charge in [-0.15, -0.1) is 0 Å². The van der Waals surface area contributed by atoms with Gasteiger partial charge in [0.15, 0.2) is 0 Å². The van der Waals surface area contributed by atoms with Gasteiger partial charge in [-0.3, -0.25) is 11.3 Å². The van der Waals surface area contributed by atoms with E-state index in [1.54, 1.807) is 0 Å². The molecule has 0 radical (unpaired) electrons. The molecule has 0 spiro atoms. The van der Waals surface area contributed by atoms with Crippen molar-refractivity contribution in [3.05, 3.63) is 0 Å². The molecule has 0 aliphatic rings. The van der Waals surface area contributed by atoms with Crippen LogP contribution in [0, 0.1) is 0 Å². The molecule has 0 fully saturated rings. The van der Waals surface area contributed by atoms with Gasteiger partial charge in [0.05, 0.1) is 6.10 Å². The summed E-state index contributed by atoms with van der Waals surface area (Å²) in [7, 11) is 0. The highest BCUT2D eigenvalue weighted by Crippen LogP contribution is 1.68. The van der Waals surface area contributed by atoms with E-state index in [4.69, 9.17) is 16.7 Å². The molecular weight excluding hydrogens is 94.1 g/mol. The van der Waals surface area contributed by atoms with Gasteiger partial charge in [-0.05, 0) is 0 Å². The fourth-order valence-electron chi connectivity index (χ4n) is 0.219. The summed E-state index contributed by atoms with van der Waals surface area (Å²) in [6.45, 7) is 0.612. The van der Waals surface area contributed by atoms with Gasteiger partial charge >= 0.3 is 0 Å². The Bertz CT molecular complexity index is 41.2. The molecule has 6 N–H and O–H groups in total. The zero-order chi connectivity index (χ0) is 5.70. The zero-order valence-corrected chi connectivity index (χ0v) is 4.09. The van der Waals surface area contributed by atoms with Crippen LogP contribution in [0.5, 0.6) is 0 Å². The number of rotatable bonds is 3. The lowest BCUT2D eigenvalue weighted by Gasteiger charge is -2.03. The first kappa shape index (κ1) is 6.84. The first-order valence-electron chi connectivity index (χ1n) is 2.13. The summed E-state index contributed by atoms with van der Waals surface area (Å²) >= 11 is 0. The molecule has 7 heavy (non-hydrogen) atoms. The van der Waals surface area contributed by atoms with Crippen LogP contribution >= 0.6 is 0 Å². The maximum Gasteiger partial charge on any atom is 0.0800 e. The molecule has 0 aromatic heterocycles. The van der Waals surface area contributed by atoms with Crippen LogP contribution < -0.4 is 17.0 Å². The number of nitrogens with one attached hydrogen (secondary N) is 1. The van der Waals surface area contributed by atoms with Crippen molar-refractivity contribution in [2.45, 2.75) is 6.10 Å². The van der Waals surface area contributed by atoms with Gasteiger partial charge in [-0.1, -0.05) is 0 Å². The molecule has 0 saturated carbocycles. The second-order valence-corrected chi connectivity index (χ2v) is 1.30. The SMILES string of the molecule is NC[C@@H](O)CNN. The number of aliphatic hydroxyl groups excluding tert-OH is 1. The molecule has 1 atom stereocenters. The van der Waals surface area contributed by atoms with Crippen LogP contribution in [0.3, 0.4) is 0 Å².